The van der Waals surface area contributed by atoms with Crippen LogP contribution in [0.4, 0.5) is 4.39 Å². The van der Waals surface area contributed by atoms with E-state index in [1.54, 1.807) is 0 Å². The Morgan fingerprint density at radius 3 is 2.18 bits per heavy atom. The van der Waals surface area contributed by atoms with Crippen LogP contribution < -0.4 is 5.32 Å². The quantitative estimate of drug-likeness (QED) is 0.713. The Morgan fingerprint density at radius 1 is 1.05 bits per heavy atom. The zero-order chi connectivity index (χ0) is 16.2. The molecular weight excluding hydrogens is 304 g/mol. The van der Waals surface area contributed by atoms with Crippen LogP contribution in [0, 0.1) is 5.82 Å². The van der Waals surface area contributed by atoms with Crippen LogP contribution in [0.25, 0.3) is 0 Å². The third-order valence-corrected chi connectivity index (χ3v) is 4.66. The second-order valence-electron chi connectivity index (χ2n) is 5.26. The lowest BCUT2D eigenvalue weighted by Gasteiger charge is -2.22. The van der Waals surface area contributed by atoms with Gasteiger partial charge in [0.25, 0.3) is 0 Å². The molecule has 2 aromatic rings. The van der Waals surface area contributed by atoms with Gasteiger partial charge in [0, 0.05) is 6.54 Å². The van der Waals surface area contributed by atoms with Gasteiger partial charge < -0.3 is 9.79 Å². The molecule has 0 aliphatic heterocycles. The SMILES string of the molecule is CC(CNC(c1ccc(F)cc1)P(=O)(O)O)c1ccccc1. The topological polar surface area (TPSA) is 69.6 Å². The lowest BCUT2D eigenvalue weighted by atomic mass is 10.0. The fourth-order valence-corrected chi connectivity index (χ4v) is 3.17. The molecule has 2 atom stereocenters. The molecule has 2 rings (SSSR count). The normalized spacial score (nSPS) is 14.5. The van der Waals surface area contributed by atoms with Crippen molar-refractivity contribution >= 4 is 7.60 Å². The lowest BCUT2D eigenvalue weighted by molar-refractivity contribution is 0.346. The van der Waals surface area contributed by atoms with Gasteiger partial charge in [-0.1, -0.05) is 49.4 Å². The molecule has 3 N–H and O–H groups in total. The van der Waals surface area contributed by atoms with Crippen molar-refractivity contribution in [2.75, 3.05) is 6.54 Å². The number of rotatable bonds is 6. The van der Waals surface area contributed by atoms with Crippen LogP contribution in [0.2, 0.25) is 0 Å². The van der Waals surface area contributed by atoms with E-state index in [4.69, 9.17) is 0 Å². The van der Waals surface area contributed by atoms with Gasteiger partial charge in [0.05, 0.1) is 0 Å². The van der Waals surface area contributed by atoms with E-state index in [0.717, 1.165) is 5.56 Å². The molecule has 0 heterocycles. The largest absolute Gasteiger partial charge is 0.346 e. The molecule has 0 saturated carbocycles. The first kappa shape index (κ1) is 16.8. The van der Waals surface area contributed by atoms with Gasteiger partial charge in [-0.15, -0.1) is 0 Å². The summed E-state index contributed by atoms with van der Waals surface area (Å²) in [7, 11) is -4.39. The Morgan fingerprint density at radius 2 is 1.64 bits per heavy atom. The molecule has 22 heavy (non-hydrogen) atoms. The Labute approximate surface area is 129 Å². The van der Waals surface area contributed by atoms with Crippen molar-refractivity contribution in [1.82, 2.24) is 5.32 Å². The highest BCUT2D eigenvalue weighted by molar-refractivity contribution is 7.52. The molecular formula is C16H19FNO3P. The highest BCUT2D eigenvalue weighted by Gasteiger charge is 2.30. The zero-order valence-electron chi connectivity index (χ0n) is 12.2. The van der Waals surface area contributed by atoms with Gasteiger partial charge >= 0.3 is 7.60 Å². The van der Waals surface area contributed by atoms with E-state index in [0.29, 0.717) is 12.1 Å². The lowest BCUT2D eigenvalue weighted by Crippen LogP contribution is -2.25. The fourth-order valence-electron chi connectivity index (χ4n) is 2.26. The molecule has 0 fully saturated rings. The van der Waals surface area contributed by atoms with Crippen molar-refractivity contribution < 1.29 is 18.7 Å². The van der Waals surface area contributed by atoms with Gasteiger partial charge in [0.15, 0.2) is 0 Å². The van der Waals surface area contributed by atoms with Crippen molar-refractivity contribution in [1.29, 1.82) is 0 Å². The van der Waals surface area contributed by atoms with Gasteiger partial charge in [0.2, 0.25) is 0 Å². The van der Waals surface area contributed by atoms with Gasteiger partial charge in [-0.25, -0.2) is 4.39 Å². The van der Waals surface area contributed by atoms with E-state index in [1.165, 1.54) is 24.3 Å². The predicted octanol–water partition coefficient (Wildman–Crippen LogP) is 3.40. The Bertz CT molecular complexity index is 642. The molecule has 2 unspecified atom stereocenters. The molecule has 6 heteroatoms. The van der Waals surface area contributed by atoms with E-state index in [9.17, 15) is 18.7 Å². The summed E-state index contributed by atoms with van der Waals surface area (Å²) in [5.74, 6) is -1.49. The number of benzene rings is 2. The first-order chi connectivity index (χ1) is 10.4. The van der Waals surface area contributed by atoms with Crippen LogP contribution in [-0.4, -0.2) is 16.3 Å². The highest BCUT2D eigenvalue weighted by atomic mass is 31.2. The molecule has 0 bridgehead atoms. The van der Waals surface area contributed by atoms with Crippen molar-refractivity contribution in [3.05, 3.63) is 71.5 Å². The molecule has 0 radical (unpaired) electrons. The van der Waals surface area contributed by atoms with Gasteiger partial charge in [0.1, 0.15) is 11.6 Å². The summed E-state index contributed by atoms with van der Waals surface area (Å²) >= 11 is 0. The van der Waals surface area contributed by atoms with Crippen molar-refractivity contribution in [2.45, 2.75) is 18.6 Å². The second kappa shape index (κ2) is 7.16. The third kappa shape index (κ3) is 4.49. The molecule has 118 valence electrons. The number of halogens is 1. The van der Waals surface area contributed by atoms with Gasteiger partial charge in [-0.05, 0) is 29.2 Å². The average molecular weight is 323 g/mol. The Balaban J connectivity index is 2.11. The van der Waals surface area contributed by atoms with Crippen LogP contribution in [0.1, 0.15) is 29.8 Å². The standard InChI is InChI=1S/C16H19FNO3P/c1-12(13-5-3-2-4-6-13)11-18-16(22(19,20)21)14-7-9-15(17)10-8-14/h2-10,12,16,18H,11H2,1H3,(H2,19,20,21). The molecule has 0 aliphatic rings. The number of hydrogen-bond donors (Lipinski definition) is 3. The molecule has 0 amide bonds. The second-order valence-corrected chi connectivity index (χ2v) is 6.96. The average Bonchev–Trinajstić information content (AvgIpc) is 2.48. The summed E-state index contributed by atoms with van der Waals surface area (Å²) in [5, 5.41) is 2.91. The Hall–Kier alpha value is -1.52. The maximum absolute atomic E-state index is 13.0. The van der Waals surface area contributed by atoms with E-state index in [1.807, 2.05) is 37.3 Å². The minimum Gasteiger partial charge on any atom is -0.323 e. The van der Waals surface area contributed by atoms with Crippen LogP contribution in [0.3, 0.4) is 0 Å². The van der Waals surface area contributed by atoms with Crippen LogP contribution in [0.15, 0.2) is 54.6 Å². The van der Waals surface area contributed by atoms with Crippen LogP contribution in [-0.2, 0) is 4.57 Å². The predicted molar refractivity (Wildman–Crippen MR) is 84.0 cm³/mol. The first-order valence-electron chi connectivity index (χ1n) is 6.97. The molecule has 2 aromatic carbocycles. The maximum atomic E-state index is 13.0. The van der Waals surface area contributed by atoms with E-state index < -0.39 is 19.2 Å². The molecule has 0 aromatic heterocycles. The summed E-state index contributed by atoms with van der Waals surface area (Å²) in [5.41, 5.74) is 1.45. The monoisotopic (exact) mass is 323 g/mol. The molecule has 4 nitrogen and oxygen atoms in total. The fraction of sp³-hybridized carbons (Fsp3) is 0.250. The molecule has 0 spiro atoms. The summed E-state index contributed by atoms with van der Waals surface area (Å²) in [6.07, 6.45) is 0. The Kier molecular flexibility index (Phi) is 5.48. The number of nitrogens with one attached hydrogen (secondary N) is 1. The van der Waals surface area contributed by atoms with E-state index in [-0.39, 0.29) is 5.92 Å². The minimum absolute atomic E-state index is 0.0932. The molecule has 0 saturated heterocycles. The van der Waals surface area contributed by atoms with E-state index >= 15 is 0 Å². The van der Waals surface area contributed by atoms with Gasteiger partial charge in [-0.3, -0.25) is 9.88 Å². The smallest absolute Gasteiger partial charge is 0.323 e. The summed E-state index contributed by atoms with van der Waals surface area (Å²) in [6, 6.07) is 14.9. The molecule has 0 aliphatic carbocycles. The highest BCUT2D eigenvalue weighted by Crippen LogP contribution is 2.50. The van der Waals surface area contributed by atoms with Crippen LogP contribution >= 0.6 is 7.60 Å². The maximum Gasteiger partial charge on any atom is 0.346 e. The van der Waals surface area contributed by atoms with Crippen molar-refractivity contribution in [3.8, 4) is 0 Å². The minimum atomic E-state index is -4.39. The summed E-state index contributed by atoms with van der Waals surface area (Å²) in [4.78, 5) is 19.1. The summed E-state index contributed by atoms with van der Waals surface area (Å²) < 4.78 is 24.7. The van der Waals surface area contributed by atoms with Crippen molar-refractivity contribution in [2.24, 2.45) is 0 Å². The van der Waals surface area contributed by atoms with Crippen molar-refractivity contribution in [3.63, 3.8) is 0 Å². The third-order valence-electron chi connectivity index (χ3n) is 3.51. The zero-order valence-corrected chi connectivity index (χ0v) is 13.1. The van der Waals surface area contributed by atoms with Gasteiger partial charge in [-0.2, -0.15) is 0 Å². The first-order valence-corrected chi connectivity index (χ1v) is 8.65. The number of hydrogen-bond acceptors (Lipinski definition) is 2. The van der Waals surface area contributed by atoms with Crippen LogP contribution in [0.5, 0.6) is 0 Å². The summed E-state index contributed by atoms with van der Waals surface area (Å²) in [6.45, 7) is 2.38. The van der Waals surface area contributed by atoms with E-state index in [2.05, 4.69) is 5.32 Å².